The summed E-state index contributed by atoms with van der Waals surface area (Å²) >= 11 is 0. The minimum Gasteiger partial charge on any atom is -0.0856 e. The molecule has 0 aliphatic heterocycles. The van der Waals surface area contributed by atoms with Crippen molar-refractivity contribution in [2.45, 2.75) is 85.5 Å². The zero-order valence-electron chi connectivity index (χ0n) is 14.7. The molecule has 2 aliphatic rings. The van der Waals surface area contributed by atoms with Crippen LogP contribution in [0.1, 0.15) is 85.5 Å². The van der Waals surface area contributed by atoms with Gasteiger partial charge >= 0.3 is 0 Å². The summed E-state index contributed by atoms with van der Waals surface area (Å²) in [6, 6.07) is 0. The Morgan fingerprint density at radius 2 is 2.00 bits per heavy atom. The molecule has 0 N–H and O–H groups in total. The molecule has 0 nitrogen and oxygen atoms in total. The van der Waals surface area contributed by atoms with Gasteiger partial charge in [0, 0.05) is 0 Å². The summed E-state index contributed by atoms with van der Waals surface area (Å²) in [6.07, 6.45) is 17.0. The average Bonchev–Trinajstić information content (AvgIpc) is 3.26. The van der Waals surface area contributed by atoms with Crippen LogP contribution in [0, 0.1) is 11.8 Å². The highest BCUT2D eigenvalue weighted by Crippen LogP contribution is 2.48. The molecule has 0 aromatic rings. The molecule has 0 radical (unpaired) electrons. The molecule has 0 amide bonds. The van der Waals surface area contributed by atoms with Gasteiger partial charge in [-0.15, -0.1) is 0 Å². The number of allylic oxidation sites excluding steroid dienone is 6. The molecule has 0 spiro atoms. The third-order valence-electron chi connectivity index (χ3n) is 5.61. The number of hydrogen-bond donors (Lipinski definition) is 0. The molecule has 2 unspecified atom stereocenters. The molecule has 0 bridgehead atoms. The van der Waals surface area contributed by atoms with Gasteiger partial charge in [0.2, 0.25) is 0 Å². The Bertz CT molecular complexity index is 433. The minimum absolute atomic E-state index is 0.838. The fraction of sp³-hybridized carbons (Fsp3) is 0.714. The lowest BCUT2D eigenvalue weighted by atomic mass is 9.83. The van der Waals surface area contributed by atoms with Gasteiger partial charge in [0.05, 0.1) is 0 Å². The highest BCUT2D eigenvalue weighted by Gasteiger charge is 2.33. The number of unbranched alkanes of at least 4 members (excludes halogenated alkanes) is 2. The topological polar surface area (TPSA) is 0 Å². The Kier molecular flexibility index (Phi) is 6.33. The van der Waals surface area contributed by atoms with Crippen molar-refractivity contribution < 1.29 is 0 Å². The third kappa shape index (κ3) is 4.87. The molecule has 0 heteroatoms. The van der Waals surface area contributed by atoms with Gasteiger partial charge in [-0.3, -0.25) is 0 Å². The van der Waals surface area contributed by atoms with Crippen LogP contribution in [0.4, 0.5) is 0 Å². The molecule has 118 valence electrons. The van der Waals surface area contributed by atoms with Crippen LogP contribution in [-0.2, 0) is 0 Å². The summed E-state index contributed by atoms with van der Waals surface area (Å²) in [4.78, 5) is 0. The van der Waals surface area contributed by atoms with Crippen molar-refractivity contribution in [2.75, 3.05) is 0 Å². The number of rotatable bonds is 7. The van der Waals surface area contributed by atoms with Crippen LogP contribution >= 0.6 is 0 Å². The molecule has 2 atom stereocenters. The van der Waals surface area contributed by atoms with E-state index in [2.05, 4.69) is 39.8 Å². The summed E-state index contributed by atoms with van der Waals surface area (Å²) in [6.45, 7) is 9.17. The van der Waals surface area contributed by atoms with Crippen LogP contribution < -0.4 is 0 Å². The molecule has 1 fully saturated rings. The fourth-order valence-electron chi connectivity index (χ4n) is 3.66. The summed E-state index contributed by atoms with van der Waals surface area (Å²) in [5.41, 5.74) is 6.84. The SMILES string of the molecule is CC/C(C)=C/CCCCC1C/C1=C1\CC=C(C)C(CC)C1. The molecule has 2 rings (SSSR count). The minimum atomic E-state index is 0.838. The van der Waals surface area contributed by atoms with Crippen LogP contribution in [-0.4, -0.2) is 0 Å². The summed E-state index contributed by atoms with van der Waals surface area (Å²) in [7, 11) is 0. The van der Waals surface area contributed by atoms with Gasteiger partial charge in [-0.2, -0.15) is 0 Å². The largest absolute Gasteiger partial charge is 0.0856 e. The second kappa shape index (κ2) is 8.01. The summed E-state index contributed by atoms with van der Waals surface area (Å²) in [5.74, 6) is 1.80. The van der Waals surface area contributed by atoms with Gasteiger partial charge in [-0.1, -0.05) is 54.7 Å². The summed E-state index contributed by atoms with van der Waals surface area (Å²) < 4.78 is 0. The highest BCUT2D eigenvalue weighted by molar-refractivity contribution is 5.35. The van der Waals surface area contributed by atoms with Crippen molar-refractivity contribution in [3.63, 3.8) is 0 Å². The van der Waals surface area contributed by atoms with Crippen LogP contribution in [0.25, 0.3) is 0 Å². The zero-order valence-corrected chi connectivity index (χ0v) is 14.7. The van der Waals surface area contributed by atoms with E-state index in [1.807, 2.05) is 5.57 Å². The van der Waals surface area contributed by atoms with Crippen molar-refractivity contribution in [2.24, 2.45) is 11.8 Å². The van der Waals surface area contributed by atoms with Gasteiger partial charge in [-0.25, -0.2) is 0 Å². The lowest BCUT2D eigenvalue weighted by Gasteiger charge is -2.23. The Morgan fingerprint density at radius 3 is 2.71 bits per heavy atom. The predicted molar refractivity (Wildman–Crippen MR) is 94.4 cm³/mol. The molecular formula is C21H34. The highest BCUT2D eigenvalue weighted by atomic mass is 14.4. The summed E-state index contributed by atoms with van der Waals surface area (Å²) in [5, 5.41) is 0. The predicted octanol–water partition coefficient (Wildman–Crippen LogP) is 6.99. The smallest absolute Gasteiger partial charge is 0.0133 e. The van der Waals surface area contributed by atoms with Crippen LogP contribution in [0.15, 0.2) is 34.4 Å². The van der Waals surface area contributed by atoms with Crippen molar-refractivity contribution in [1.29, 1.82) is 0 Å². The third-order valence-corrected chi connectivity index (χ3v) is 5.61. The Balaban J connectivity index is 1.71. The van der Waals surface area contributed by atoms with Crippen molar-refractivity contribution in [1.82, 2.24) is 0 Å². The fourth-order valence-corrected chi connectivity index (χ4v) is 3.66. The van der Waals surface area contributed by atoms with Gasteiger partial charge in [0.1, 0.15) is 0 Å². The monoisotopic (exact) mass is 286 g/mol. The van der Waals surface area contributed by atoms with E-state index in [9.17, 15) is 0 Å². The van der Waals surface area contributed by atoms with Gasteiger partial charge < -0.3 is 0 Å². The van der Waals surface area contributed by atoms with E-state index in [1.165, 1.54) is 57.8 Å². The maximum Gasteiger partial charge on any atom is -0.0133 e. The molecule has 0 aromatic heterocycles. The molecule has 0 aromatic carbocycles. The first kappa shape index (κ1) is 16.6. The number of hydrogen-bond acceptors (Lipinski definition) is 0. The van der Waals surface area contributed by atoms with Crippen LogP contribution in [0.5, 0.6) is 0 Å². The van der Waals surface area contributed by atoms with E-state index in [0.717, 1.165) is 11.8 Å². The van der Waals surface area contributed by atoms with E-state index in [0.29, 0.717) is 0 Å². The first-order valence-electron chi connectivity index (χ1n) is 9.18. The molecule has 0 saturated heterocycles. The van der Waals surface area contributed by atoms with Gasteiger partial charge in [0.25, 0.3) is 0 Å². The van der Waals surface area contributed by atoms with Crippen LogP contribution in [0.3, 0.4) is 0 Å². The van der Waals surface area contributed by atoms with E-state index < -0.39 is 0 Å². The van der Waals surface area contributed by atoms with Crippen molar-refractivity contribution >= 4 is 0 Å². The molecule has 1 saturated carbocycles. The first-order chi connectivity index (χ1) is 10.2. The van der Waals surface area contributed by atoms with E-state index in [1.54, 1.807) is 16.7 Å². The normalized spacial score (nSPS) is 29.5. The van der Waals surface area contributed by atoms with Crippen molar-refractivity contribution in [3.8, 4) is 0 Å². The van der Waals surface area contributed by atoms with Crippen molar-refractivity contribution in [3.05, 3.63) is 34.4 Å². The lowest BCUT2D eigenvalue weighted by Crippen LogP contribution is -2.07. The maximum atomic E-state index is 2.49. The Hall–Kier alpha value is -0.780. The molecule has 21 heavy (non-hydrogen) atoms. The second-order valence-electron chi connectivity index (χ2n) is 7.18. The van der Waals surface area contributed by atoms with Gasteiger partial charge in [0.15, 0.2) is 0 Å². The first-order valence-corrected chi connectivity index (χ1v) is 9.18. The Morgan fingerprint density at radius 1 is 1.19 bits per heavy atom. The zero-order chi connectivity index (χ0) is 15.2. The van der Waals surface area contributed by atoms with Gasteiger partial charge in [-0.05, 0) is 77.0 Å². The second-order valence-corrected chi connectivity index (χ2v) is 7.18. The standard InChI is InChI=1S/C21H34/c1-5-16(3)10-8-7-9-11-19-15-21(19)20-13-12-17(4)18(6-2)14-20/h10,12,18-19H,5-9,11,13-15H2,1-4H3/b16-10+,21-20-. The lowest BCUT2D eigenvalue weighted by molar-refractivity contribution is 0.558. The van der Waals surface area contributed by atoms with E-state index in [-0.39, 0.29) is 0 Å². The molecular weight excluding hydrogens is 252 g/mol. The molecule has 0 heterocycles. The Labute approximate surface area is 132 Å². The van der Waals surface area contributed by atoms with E-state index >= 15 is 0 Å². The average molecular weight is 287 g/mol. The molecule has 2 aliphatic carbocycles. The van der Waals surface area contributed by atoms with E-state index in [4.69, 9.17) is 0 Å². The van der Waals surface area contributed by atoms with Crippen LogP contribution in [0.2, 0.25) is 0 Å². The quantitative estimate of drug-likeness (QED) is 0.349. The maximum absolute atomic E-state index is 2.49.